The topological polar surface area (TPSA) is 112 Å². The van der Waals surface area contributed by atoms with Crippen molar-refractivity contribution in [1.29, 1.82) is 0 Å². The van der Waals surface area contributed by atoms with E-state index < -0.39 is 29.2 Å². The number of carboxylic acids is 2. The van der Waals surface area contributed by atoms with Gasteiger partial charge in [0.25, 0.3) is 0 Å². The van der Waals surface area contributed by atoms with Gasteiger partial charge in [-0.2, -0.15) is 0 Å². The maximum absolute atomic E-state index is 13.2. The van der Waals surface area contributed by atoms with Gasteiger partial charge in [0.05, 0.1) is 11.1 Å². The summed E-state index contributed by atoms with van der Waals surface area (Å²) in [5.74, 6) is -4.59. The molecule has 0 aromatic heterocycles. The molecule has 7 nitrogen and oxygen atoms in total. The summed E-state index contributed by atoms with van der Waals surface area (Å²) in [5, 5.41) is 18.6. The van der Waals surface area contributed by atoms with Crippen LogP contribution in [0.4, 0.5) is 0 Å². The fourth-order valence-electron chi connectivity index (χ4n) is 4.52. The number of benzene rings is 1. The van der Waals surface area contributed by atoms with Crippen molar-refractivity contribution in [2.45, 2.75) is 32.1 Å². The number of carbonyl (C=O) groups is 4. The molecular weight excluding hydrogens is 374 g/mol. The van der Waals surface area contributed by atoms with E-state index in [-0.39, 0.29) is 16.9 Å². The second kappa shape index (κ2) is 7.31. The van der Waals surface area contributed by atoms with Gasteiger partial charge in [-0.15, -0.1) is 0 Å². The number of hydrogen-bond donors (Lipinski definition) is 2. The van der Waals surface area contributed by atoms with Gasteiger partial charge in [-0.05, 0) is 55.9 Å². The number of Topliss-reactive ketones (excluding diaryl/α,β-unsaturated/α-hetero) is 2. The fraction of sp³-hybridized carbons (Fsp3) is 0.364. The summed E-state index contributed by atoms with van der Waals surface area (Å²) in [6.07, 6.45) is 5.96. The molecule has 1 aromatic carbocycles. The number of carboxylic acid groups (broad SMARTS) is 2. The Morgan fingerprint density at radius 3 is 2.41 bits per heavy atom. The summed E-state index contributed by atoms with van der Waals surface area (Å²) in [6.45, 7) is 1.81. The molecule has 2 heterocycles. The molecule has 3 aliphatic rings. The van der Waals surface area contributed by atoms with Gasteiger partial charge in [-0.25, -0.2) is 9.59 Å². The van der Waals surface area contributed by atoms with E-state index in [1.54, 1.807) is 6.08 Å². The number of ketones is 2. The quantitative estimate of drug-likeness (QED) is 0.595. The summed E-state index contributed by atoms with van der Waals surface area (Å²) in [4.78, 5) is 51.5. The molecule has 1 fully saturated rings. The third-order valence-corrected chi connectivity index (χ3v) is 5.88. The van der Waals surface area contributed by atoms with Gasteiger partial charge in [0.15, 0.2) is 11.6 Å². The molecule has 150 valence electrons. The first kappa shape index (κ1) is 19.1. The summed E-state index contributed by atoms with van der Waals surface area (Å²) < 4.78 is 0. The van der Waals surface area contributed by atoms with Crippen molar-refractivity contribution in [2.24, 2.45) is 5.92 Å². The zero-order chi connectivity index (χ0) is 20.7. The molecule has 0 amide bonds. The van der Waals surface area contributed by atoms with Crippen molar-refractivity contribution >= 4 is 23.5 Å². The van der Waals surface area contributed by atoms with Crippen LogP contribution >= 0.6 is 0 Å². The molecule has 1 aromatic rings. The SMILES string of the molecule is O=C(O)c1ccc(C(=O)C2C=C3CCCCN4CCCC(=C34)C2=O)c(C(=O)O)c1. The van der Waals surface area contributed by atoms with E-state index in [2.05, 4.69) is 4.90 Å². The van der Waals surface area contributed by atoms with E-state index >= 15 is 0 Å². The van der Waals surface area contributed by atoms with E-state index in [0.29, 0.717) is 12.0 Å². The van der Waals surface area contributed by atoms with E-state index in [4.69, 9.17) is 5.11 Å². The third-order valence-electron chi connectivity index (χ3n) is 5.88. The maximum atomic E-state index is 13.2. The highest BCUT2D eigenvalue weighted by Gasteiger charge is 2.39. The van der Waals surface area contributed by atoms with Gasteiger partial charge in [-0.3, -0.25) is 9.59 Å². The molecule has 0 saturated carbocycles. The lowest BCUT2D eigenvalue weighted by Gasteiger charge is -2.36. The molecule has 0 radical (unpaired) electrons. The number of hydrogen-bond acceptors (Lipinski definition) is 5. The Morgan fingerprint density at radius 1 is 0.931 bits per heavy atom. The minimum Gasteiger partial charge on any atom is -0.478 e. The predicted molar refractivity (Wildman–Crippen MR) is 103 cm³/mol. The Balaban J connectivity index is 1.76. The molecule has 0 spiro atoms. The molecule has 1 unspecified atom stereocenters. The lowest BCUT2D eigenvalue weighted by Crippen LogP contribution is -2.37. The van der Waals surface area contributed by atoms with Crippen LogP contribution in [-0.2, 0) is 4.79 Å². The summed E-state index contributed by atoms with van der Waals surface area (Å²) in [6, 6.07) is 3.36. The van der Waals surface area contributed by atoms with Crippen molar-refractivity contribution < 1.29 is 29.4 Å². The van der Waals surface area contributed by atoms with Gasteiger partial charge >= 0.3 is 11.9 Å². The first-order valence-electron chi connectivity index (χ1n) is 9.76. The largest absolute Gasteiger partial charge is 0.478 e. The average molecular weight is 395 g/mol. The monoisotopic (exact) mass is 395 g/mol. The van der Waals surface area contributed by atoms with Crippen LogP contribution in [0.3, 0.4) is 0 Å². The average Bonchev–Trinajstić information content (AvgIpc) is 2.92. The van der Waals surface area contributed by atoms with Crippen LogP contribution in [-0.4, -0.2) is 51.7 Å². The smallest absolute Gasteiger partial charge is 0.336 e. The Kier molecular flexibility index (Phi) is 4.82. The van der Waals surface area contributed by atoms with Crippen molar-refractivity contribution in [3.05, 3.63) is 57.8 Å². The standard InChI is InChI=1S/C22H21NO6/c24-19(14-7-6-13(21(26)27)11-16(14)22(28)29)17-10-12-4-1-2-8-23-9-3-5-15(18(12)23)20(17)25/h6-7,10-11,17H,1-5,8-9H2,(H,26,27)(H,28,29). The number of aromatic carboxylic acids is 2. The van der Waals surface area contributed by atoms with E-state index in [1.807, 2.05) is 0 Å². The van der Waals surface area contributed by atoms with Crippen molar-refractivity contribution in [3.8, 4) is 0 Å². The predicted octanol–water partition coefficient (Wildman–Crippen LogP) is 2.92. The molecule has 1 atom stereocenters. The highest BCUT2D eigenvalue weighted by Crippen LogP contribution is 2.39. The second-order valence-electron chi connectivity index (χ2n) is 7.64. The summed E-state index contributed by atoms with van der Waals surface area (Å²) in [5.41, 5.74) is 1.89. The zero-order valence-electron chi connectivity index (χ0n) is 15.8. The van der Waals surface area contributed by atoms with Crippen LogP contribution in [0.1, 0.15) is 63.2 Å². The minimum absolute atomic E-state index is 0.136. The van der Waals surface area contributed by atoms with Crippen LogP contribution in [0.5, 0.6) is 0 Å². The van der Waals surface area contributed by atoms with Gasteiger partial charge in [0.2, 0.25) is 0 Å². The Labute approximate surface area is 167 Å². The van der Waals surface area contributed by atoms with Crippen LogP contribution in [0.2, 0.25) is 0 Å². The zero-order valence-corrected chi connectivity index (χ0v) is 15.8. The lowest BCUT2D eigenvalue weighted by atomic mass is 9.78. The maximum Gasteiger partial charge on any atom is 0.336 e. The van der Waals surface area contributed by atoms with E-state index in [9.17, 15) is 24.3 Å². The normalized spacial score (nSPS) is 21.2. The Morgan fingerprint density at radius 2 is 1.69 bits per heavy atom. The van der Waals surface area contributed by atoms with Crippen molar-refractivity contribution in [3.63, 3.8) is 0 Å². The molecule has 1 aliphatic carbocycles. The van der Waals surface area contributed by atoms with E-state index in [0.717, 1.165) is 56.1 Å². The molecule has 2 aliphatic heterocycles. The van der Waals surface area contributed by atoms with Crippen molar-refractivity contribution in [1.82, 2.24) is 4.90 Å². The number of carbonyl (C=O) groups excluding carboxylic acids is 2. The number of allylic oxidation sites excluding steroid dienone is 3. The van der Waals surface area contributed by atoms with Gasteiger partial charge in [0, 0.05) is 29.9 Å². The molecule has 2 N–H and O–H groups in total. The molecule has 1 saturated heterocycles. The van der Waals surface area contributed by atoms with Crippen molar-refractivity contribution in [2.75, 3.05) is 13.1 Å². The lowest BCUT2D eigenvalue weighted by molar-refractivity contribution is -0.117. The van der Waals surface area contributed by atoms with Crippen LogP contribution in [0, 0.1) is 5.92 Å². The Bertz CT molecular complexity index is 1000. The van der Waals surface area contributed by atoms with Crippen LogP contribution in [0.25, 0.3) is 0 Å². The van der Waals surface area contributed by atoms with Crippen LogP contribution in [0.15, 0.2) is 41.1 Å². The number of rotatable bonds is 4. The second-order valence-corrected chi connectivity index (χ2v) is 7.64. The Hall–Kier alpha value is -3.22. The van der Waals surface area contributed by atoms with Gasteiger partial charge in [-0.1, -0.05) is 6.08 Å². The minimum atomic E-state index is -1.40. The molecular formula is C22H21NO6. The first-order valence-corrected chi connectivity index (χ1v) is 9.76. The third kappa shape index (κ3) is 3.26. The molecule has 0 bridgehead atoms. The molecule has 29 heavy (non-hydrogen) atoms. The molecule has 7 heteroatoms. The molecule has 4 rings (SSSR count). The fourth-order valence-corrected chi connectivity index (χ4v) is 4.52. The summed E-state index contributed by atoms with van der Waals surface area (Å²) in [7, 11) is 0. The van der Waals surface area contributed by atoms with Gasteiger partial charge in [0.1, 0.15) is 5.92 Å². The number of nitrogens with zero attached hydrogens (tertiary/aromatic N) is 1. The first-order chi connectivity index (χ1) is 13.9. The summed E-state index contributed by atoms with van der Waals surface area (Å²) >= 11 is 0. The highest BCUT2D eigenvalue weighted by atomic mass is 16.4. The van der Waals surface area contributed by atoms with Crippen LogP contribution < -0.4 is 0 Å². The van der Waals surface area contributed by atoms with E-state index in [1.165, 1.54) is 12.1 Å². The highest BCUT2D eigenvalue weighted by molar-refractivity contribution is 6.21. The van der Waals surface area contributed by atoms with Gasteiger partial charge < -0.3 is 15.1 Å².